The molecule has 0 nitrogen and oxygen atoms in total. The predicted molar refractivity (Wildman–Crippen MR) is 47.7 cm³/mol. The molecule has 0 bridgehead atoms. The summed E-state index contributed by atoms with van der Waals surface area (Å²) >= 11 is 0. The third-order valence-electron chi connectivity index (χ3n) is 0.667. The summed E-state index contributed by atoms with van der Waals surface area (Å²) in [5, 5.41) is 0. The third kappa shape index (κ3) is 103. The van der Waals surface area contributed by atoms with Crippen LogP contribution in [0.3, 0.4) is 0 Å². The summed E-state index contributed by atoms with van der Waals surface area (Å²) in [5.74, 6) is 0. The summed E-state index contributed by atoms with van der Waals surface area (Å²) in [7, 11) is 0. The second kappa shape index (κ2) is 25.9. The van der Waals surface area contributed by atoms with Gasteiger partial charge in [0.15, 0.2) is 0 Å². The Bertz CT molecular complexity index is 40.4. The monoisotopic (exact) mass is 128 g/mol. The first-order valence-electron chi connectivity index (χ1n) is 2.98. The SMILES string of the molecule is C.CC=CC.CC=CC. The van der Waals surface area contributed by atoms with Gasteiger partial charge in [0.05, 0.1) is 0 Å². The highest BCUT2D eigenvalue weighted by Crippen LogP contribution is 1.57. The number of allylic oxidation sites excluding steroid dienone is 4. The molecule has 56 valence electrons. The van der Waals surface area contributed by atoms with Gasteiger partial charge in [-0.1, -0.05) is 31.7 Å². The average molecular weight is 128 g/mol. The molecular weight excluding hydrogens is 108 g/mol. The zero-order valence-electron chi connectivity index (χ0n) is 6.31. The van der Waals surface area contributed by atoms with Crippen molar-refractivity contribution in [1.82, 2.24) is 0 Å². The van der Waals surface area contributed by atoms with Gasteiger partial charge >= 0.3 is 0 Å². The standard InChI is InChI=1S/2C4H8.CH4/c2*1-3-4-2;/h2*3-4H,1-2H3;1H4. The molecule has 0 atom stereocenters. The molecule has 0 heteroatoms. The van der Waals surface area contributed by atoms with Gasteiger partial charge in [-0.05, 0) is 27.7 Å². The van der Waals surface area contributed by atoms with Crippen LogP contribution in [0, 0.1) is 0 Å². The largest absolute Gasteiger partial charge is 0.0919 e. The zero-order chi connectivity index (χ0) is 6.83. The third-order valence-corrected chi connectivity index (χ3v) is 0.667. The molecule has 0 saturated heterocycles. The van der Waals surface area contributed by atoms with E-state index in [-0.39, 0.29) is 7.43 Å². The molecule has 0 heterocycles. The van der Waals surface area contributed by atoms with Gasteiger partial charge in [-0.2, -0.15) is 0 Å². The molecule has 0 unspecified atom stereocenters. The van der Waals surface area contributed by atoms with Crippen LogP contribution in [0.4, 0.5) is 0 Å². The van der Waals surface area contributed by atoms with E-state index in [0.717, 1.165) is 0 Å². The molecule has 9 heavy (non-hydrogen) atoms. The first-order valence-corrected chi connectivity index (χ1v) is 2.98. The van der Waals surface area contributed by atoms with Crippen molar-refractivity contribution in [2.45, 2.75) is 35.1 Å². The quantitative estimate of drug-likeness (QED) is 0.435. The summed E-state index contributed by atoms with van der Waals surface area (Å²) in [5.41, 5.74) is 0. The molecule has 0 rings (SSSR count). The second-order valence-electron chi connectivity index (χ2n) is 1.33. The van der Waals surface area contributed by atoms with Crippen molar-refractivity contribution in [1.29, 1.82) is 0 Å². The molecule has 0 N–H and O–H groups in total. The minimum Gasteiger partial charge on any atom is -0.0919 e. The molecule has 0 radical (unpaired) electrons. The van der Waals surface area contributed by atoms with Crippen molar-refractivity contribution in [2.75, 3.05) is 0 Å². The highest BCUT2D eigenvalue weighted by molar-refractivity contribution is 4.68. The maximum Gasteiger partial charge on any atom is -0.0470 e. The molecule has 0 aromatic rings. The van der Waals surface area contributed by atoms with E-state index in [4.69, 9.17) is 0 Å². The molecule has 0 aromatic carbocycles. The van der Waals surface area contributed by atoms with Crippen molar-refractivity contribution >= 4 is 0 Å². The second-order valence-corrected chi connectivity index (χ2v) is 1.33. The van der Waals surface area contributed by atoms with Gasteiger partial charge in [-0.3, -0.25) is 0 Å². The Balaban J connectivity index is -0.0000000720. The summed E-state index contributed by atoms with van der Waals surface area (Å²) in [6, 6.07) is 0. The van der Waals surface area contributed by atoms with E-state index in [2.05, 4.69) is 0 Å². The Hall–Kier alpha value is -0.520. The summed E-state index contributed by atoms with van der Waals surface area (Å²) in [4.78, 5) is 0. The van der Waals surface area contributed by atoms with E-state index in [1.54, 1.807) is 0 Å². The van der Waals surface area contributed by atoms with E-state index < -0.39 is 0 Å². The maximum atomic E-state index is 2.00. The highest BCUT2D eigenvalue weighted by atomic mass is 13.4. The Morgan fingerprint density at radius 2 is 0.667 bits per heavy atom. The smallest absolute Gasteiger partial charge is 0.0470 e. The lowest BCUT2D eigenvalue weighted by molar-refractivity contribution is 1.64. The number of rotatable bonds is 0. The Kier molecular flexibility index (Phi) is 45.5. The minimum atomic E-state index is 0. The molecule has 0 fully saturated rings. The Labute approximate surface area is 60.3 Å². The lowest BCUT2D eigenvalue weighted by atomic mass is 10.6. The Morgan fingerprint density at radius 3 is 0.667 bits per heavy atom. The van der Waals surface area contributed by atoms with Gasteiger partial charge in [-0.15, -0.1) is 0 Å². The molecule has 0 aliphatic rings. The molecule has 0 amide bonds. The summed E-state index contributed by atoms with van der Waals surface area (Å²) < 4.78 is 0. The lowest BCUT2D eigenvalue weighted by Gasteiger charge is -1.49. The van der Waals surface area contributed by atoms with Crippen LogP contribution in [0.5, 0.6) is 0 Å². The van der Waals surface area contributed by atoms with E-state index in [1.165, 1.54) is 0 Å². The van der Waals surface area contributed by atoms with E-state index >= 15 is 0 Å². The fourth-order valence-corrected chi connectivity index (χ4v) is 0. The fourth-order valence-electron chi connectivity index (χ4n) is 0. The normalized spacial score (nSPS) is 8.44. The van der Waals surface area contributed by atoms with Crippen LogP contribution >= 0.6 is 0 Å². The Morgan fingerprint density at radius 1 is 0.556 bits per heavy atom. The first-order chi connectivity index (χ1) is 3.83. The molecule has 0 aromatic heterocycles. The maximum absolute atomic E-state index is 2.00. The molecule has 0 aliphatic carbocycles. The van der Waals surface area contributed by atoms with Gasteiger partial charge in [0.25, 0.3) is 0 Å². The average Bonchev–Trinajstić information content (AvgIpc) is 1.88. The lowest BCUT2D eigenvalue weighted by Crippen LogP contribution is -1.26. The summed E-state index contributed by atoms with van der Waals surface area (Å²) in [6.45, 7) is 8.00. The van der Waals surface area contributed by atoms with Crippen molar-refractivity contribution in [2.24, 2.45) is 0 Å². The molecule has 0 spiro atoms. The molecule has 0 saturated carbocycles. The van der Waals surface area contributed by atoms with Crippen LogP contribution < -0.4 is 0 Å². The van der Waals surface area contributed by atoms with Crippen LogP contribution in [0.2, 0.25) is 0 Å². The van der Waals surface area contributed by atoms with E-state index in [1.807, 2.05) is 52.0 Å². The van der Waals surface area contributed by atoms with Gasteiger partial charge in [-0.25, -0.2) is 0 Å². The van der Waals surface area contributed by atoms with E-state index in [9.17, 15) is 0 Å². The fraction of sp³-hybridized carbons (Fsp3) is 0.556. The summed E-state index contributed by atoms with van der Waals surface area (Å²) in [6.07, 6.45) is 8.00. The van der Waals surface area contributed by atoms with Crippen LogP contribution in [0.25, 0.3) is 0 Å². The van der Waals surface area contributed by atoms with Crippen molar-refractivity contribution < 1.29 is 0 Å². The number of hydrogen-bond donors (Lipinski definition) is 0. The van der Waals surface area contributed by atoms with Crippen molar-refractivity contribution in [3.63, 3.8) is 0 Å². The van der Waals surface area contributed by atoms with Gasteiger partial charge in [0, 0.05) is 0 Å². The van der Waals surface area contributed by atoms with Gasteiger partial charge < -0.3 is 0 Å². The van der Waals surface area contributed by atoms with Crippen molar-refractivity contribution in [3.05, 3.63) is 24.3 Å². The van der Waals surface area contributed by atoms with Crippen LogP contribution in [-0.4, -0.2) is 0 Å². The minimum absolute atomic E-state index is 0. The van der Waals surface area contributed by atoms with Crippen LogP contribution in [0.15, 0.2) is 24.3 Å². The zero-order valence-corrected chi connectivity index (χ0v) is 6.31. The number of hydrogen-bond acceptors (Lipinski definition) is 0. The first kappa shape index (κ1) is 15.8. The molecular formula is C9H20. The predicted octanol–water partition coefficient (Wildman–Crippen LogP) is 3.80. The van der Waals surface area contributed by atoms with Gasteiger partial charge in [0.1, 0.15) is 0 Å². The highest BCUT2D eigenvalue weighted by Gasteiger charge is 1.34. The molecule has 0 aliphatic heterocycles. The van der Waals surface area contributed by atoms with Crippen molar-refractivity contribution in [3.8, 4) is 0 Å². The topological polar surface area (TPSA) is 0 Å². The van der Waals surface area contributed by atoms with Gasteiger partial charge in [0.2, 0.25) is 0 Å². The van der Waals surface area contributed by atoms with Crippen LogP contribution in [-0.2, 0) is 0 Å². The van der Waals surface area contributed by atoms with Crippen LogP contribution in [0.1, 0.15) is 35.1 Å². The van der Waals surface area contributed by atoms with E-state index in [0.29, 0.717) is 0 Å².